The van der Waals surface area contributed by atoms with Crippen molar-refractivity contribution < 1.29 is 24.5 Å². The van der Waals surface area contributed by atoms with Gasteiger partial charge in [-0.05, 0) is 48.8 Å². The van der Waals surface area contributed by atoms with Crippen LogP contribution in [-0.2, 0) is 26.2 Å². The standard InChI is InChI=1S/C34H58O5/c1-7-8-9-10-11-12-13-14-15-16-17-18-19-20-21-22-23-39-32(38)34(6,31(36)37)26-28-24-27(2)30(35)29(25-28)33(3,4)5/h24-25,35H,7-23,26H2,1-6H3,(H,36,37). The average molecular weight is 547 g/mol. The van der Waals surface area contributed by atoms with Crippen molar-refractivity contribution in [3.8, 4) is 5.75 Å². The molecule has 0 saturated carbocycles. The van der Waals surface area contributed by atoms with E-state index in [2.05, 4.69) is 6.92 Å². The van der Waals surface area contributed by atoms with Gasteiger partial charge in [0.15, 0.2) is 5.41 Å². The van der Waals surface area contributed by atoms with E-state index in [9.17, 15) is 19.8 Å². The molecule has 0 spiro atoms. The lowest BCUT2D eigenvalue weighted by Gasteiger charge is -2.26. The maximum absolute atomic E-state index is 12.9. The Bertz CT molecular complexity index is 854. The van der Waals surface area contributed by atoms with Crippen LogP contribution in [0.25, 0.3) is 0 Å². The van der Waals surface area contributed by atoms with E-state index in [1.807, 2.05) is 26.8 Å². The van der Waals surface area contributed by atoms with Crippen molar-refractivity contribution in [3.63, 3.8) is 0 Å². The second kappa shape index (κ2) is 18.3. The highest BCUT2D eigenvalue weighted by molar-refractivity contribution is 5.99. The maximum Gasteiger partial charge on any atom is 0.323 e. The van der Waals surface area contributed by atoms with Crippen LogP contribution >= 0.6 is 0 Å². The zero-order chi connectivity index (χ0) is 29.3. The predicted molar refractivity (Wildman–Crippen MR) is 161 cm³/mol. The molecular formula is C34H58O5. The van der Waals surface area contributed by atoms with E-state index in [4.69, 9.17) is 4.74 Å². The van der Waals surface area contributed by atoms with Gasteiger partial charge >= 0.3 is 11.9 Å². The summed E-state index contributed by atoms with van der Waals surface area (Å²) in [5.41, 5.74) is 0.143. The van der Waals surface area contributed by atoms with Gasteiger partial charge in [0, 0.05) is 0 Å². The highest BCUT2D eigenvalue weighted by Crippen LogP contribution is 2.36. The Morgan fingerprint density at radius 3 is 1.59 bits per heavy atom. The molecule has 0 aliphatic rings. The Hall–Kier alpha value is -2.04. The molecule has 1 aromatic rings. The number of aryl methyl sites for hydroxylation is 1. The molecular weight excluding hydrogens is 488 g/mol. The molecule has 1 aromatic carbocycles. The summed E-state index contributed by atoms with van der Waals surface area (Å²) < 4.78 is 5.44. The molecule has 0 heterocycles. The minimum Gasteiger partial charge on any atom is -0.507 e. The summed E-state index contributed by atoms with van der Waals surface area (Å²) >= 11 is 0. The highest BCUT2D eigenvalue weighted by Gasteiger charge is 2.43. The Morgan fingerprint density at radius 2 is 1.18 bits per heavy atom. The number of ether oxygens (including phenoxy) is 1. The molecule has 0 bridgehead atoms. The number of esters is 1. The lowest BCUT2D eigenvalue weighted by atomic mass is 9.79. The zero-order valence-corrected chi connectivity index (χ0v) is 26.0. The van der Waals surface area contributed by atoms with Gasteiger partial charge in [0.2, 0.25) is 0 Å². The smallest absolute Gasteiger partial charge is 0.323 e. The third-order valence-corrected chi connectivity index (χ3v) is 7.88. The number of carboxylic acids is 1. The quantitative estimate of drug-likeness (QED) is 0.0911. The topological polar surface area (TPSA) is 83.8 Å². The summed E-state index contributed by atoms with van der Waals surface area (Å²) in [5.74, 6) is -1.67. The number of aromatic hydroxyl groups is 1. The number of benzene rings is 1. The Kier molecular flexibility index (Phi) is 16.4. The van der Waals surface area contributed by atoms with E-state index >= 15 is 0 Å². The number of carboxylic acid groups (broad SMARTS) is 1. The number of phenolic OH excluding ortho intramolecular Hbond substituents is 1. The summed E-state index contributed by atoms with van der Waals surface area (Å²) in [6.07, 6.45) is 20.4. The van der Waals surface area contributed by atoms with Gasteiger partial charge in [-0.1, -0.05) is 136 Å². The van der Waals surface area contributed by atoms with Gasteiger partial charge in [-0.2, -0.15) is 0 Å². The normalized spacial score (nSPS) is 13.3. The first kappa shape index (κ1) is 35.0. The van der Waals surface area contributed by atoms with Gasteiger partial charge in [-0.25, -0.2) is 0 Å². The molecule has 1 atom stereocenters. The molecule has 0 saturated heterocycles. The van der Waals surface area contributed by atoms with Crippen LogP contribution in [0.5, 0.6) is 5.75 Å². The lowest BCUT2D eigenvalue weighted by molar-refractivity contribution is -0.167. The van der Waals surface area contributed by atoms with Gasteiger partial charge < -0.3 is 14.9 Å². The molecule has 5 heteroatoms. The summed E-state index contributed by atoms with van der Waals surface area (Å²) in [7, 11) is 0. The molecule has 39 heavy (non-hydrogen) atoms. The van der Waals surface area contributed by atoms with Crippen molar-refractivity contribution in [2.75, 3.05) is 6.61 Å². The number of aliphatic carboxylic acids is 1. The van der Waals surface area contributed by atoms with Crippen LogP contribution in [0.15, 0.2) is 12.1 Å². The van der Waals surface area contributed by atoms with Crippen molar-refractivity contribution in [2.45, 2.75) is 156 Å². The molecule has 224 valence electrons. The van der Waals surface area contributed by atoms with Crippen molar-refractivity contribution >= 4 is 11.9 Å². The van der Waals surface area contributed by atoms with E-state index in [1.165, 1.54) is 90.4 Å². The molecule has 1 unspecified atom stereocenters. The molecule has 2 N–H and O–H groups in total. The first-order valence-corrected chi connectivity index (χ1v) is 15.7. The van der Waals surface area contributed by atoms with Crippen LogP contribution < -0.4 is 0 Å². The third kappa shape index (κ3) is 13.2. The molecule has 0 aliphatic carbocycles. The number of unbranched alkanes of at least 4 members (excludes halogenated alkanes) is 15. The monoisotopic (exact) mass is 546 g/mol. The van der Waals surface area contributed by atoms with E-state index in [1.54, 1.807) is 13.0 Å². The maximum atomic E-state index is 12.9. The van der Waals surface area contributed by atoms with Gasteiger partial charge in [0.05, 0.1) is 6.61 Å². The summed E-state index contributed by atoms with van der Waals surface area (Å²) in [4.78, 5) is 25.0. The van der Waals surface area contributed by atoms with E-state index < -0.39 is 17.4 Å². The van der Waals surface area contributed by atoms with Crippen LogP contribution in [0, 0.1) is 12.3 Å². The number of rotatable bonds is 21. The van der Waals surface area contributed by atoms with Gasteiger partial charge in [-0.15, -0.1) is 0 Å². The molecule has 5 nitrogen and oxygen atoms in total. The summed E-state index contributed by atoms with van der Waals surface area (Å²) in [5, 5.41) is 20.4. The lowest BCUT2D eigenvalue weighted by Crippen LogP contribution is -2.40. The van der Waals surface area contributed by atoms with E-state index in [0.29, 0.717) is 11.1 Å². The number of carbonyl (C=O) groups is 2. The second-order valence-electron chi connectivity index (χ2n) is 12.8. The fraction of sp³-hybridized carbons (Fsp3) is 0.765. The number of carbonyl (C=O) groups excluding carboxylic acids is 1. The van der Waals surface area contributed by atoms with Crippen molar-refractivity contribution in [1.29, 1.82) is 0 Å². The van der Waals surface area contributed by atoms with Crippen LogP contribution in [0.1, 0.15) is 154 Å². The van der Waals surface area contributed by atoms with Crippen LogP contribution in [-0.4, -0.2) is 28.8 Å². The van der Waals surface area contributed by atoms with E-state index in [0.717, 1.165) is 24.8 Å². The van der Waals surface area contributed by atoms with E-state index in [-0.39, 0.29) is 24.2 Å². The fourth-order valence-corrected chi connectivity index (χ4v) is 5.15. The first-order valence-electron chi connectivity index (χ1n) is 15.7. The number of phenols is 1. The number of hydrogen-bond donors (Lipinski definition) is 2. The molecule has 1 rings (SSSR count). The van der Waals surface area contributed by atoms with Gasteiger partial charge in [-0.3, -0.25) is 9.59 Å². The van der Waals surface area contributed by atoms with Gasteiger partial charge in [0.1, 0.15) is 5.75 Å². The van der Waals surface area contributed by atoms with Crippen LogP contribution in [0.3, 0.4) is 0 Å². The Labute approximate surface area is 239 Å². The summed E-state index contributed by atoms with van der Waals surface area (Å²) in [6, 6.07) is 3.57. The first-order chi connectivity index (χ1) is 18.4. The molecule has 0 fully saturated rings. The SMILES string of the molecule is CCCCCCCCCCCCCCCCCCOC(=O)C(C)(Cc1cc(C)c(O)c(C(C)(C)C)c1)C(=O)O. The zero-order valence-electron chi connectivity index (χ0n) is 26.0. The Balaban J connectivity index is 2.28. The Morgan fingerprint density at radius 1 is 0.744 bits per heavy atom. The number of hydrogen-bond acceptors (Lipinski definition) is 4. The summed E-state index contributed by atoms with van der Waals surface area (Å²) in [6.45, 7) is 11.7. The second-order valence-corrected chi connectivity index (χ2v) is 12.8. The molecule has 0 amide bonds. The molecule has 0 aliphatic heterocycles. The third-order valence-electron chi connectivity index (χ3n) is 7.88. The molecule has 0 aromatic heterocycles. The molecule has 0 radical (unpaired) electrons. The van der Waals surface area contributed by atoms with Crippen molar-refractivity contribution in [3.05, 3.63) is 28.8 Å². The predicted octanol–water partition coefficient (Wildman–Crippen LogP) is 9.44. The van der Waals surface area contributed by atoms with Crippen molar-refractivity contribution in [1.82, 2.24) is 0 Å². The van der Waals surface area contributed by atoms with Gasteiger partial charge in [0.25, 0.3) is 0 Å². The largest absolute Gasteiger partial charge is 0.507 e. The average Bonchev–Trinajstić information content (AvgIpc) is 2.86. The minimum atomic E-state index is -1.67. The van der Waals surface area contributed by atoms with Crippen molar-refractivity contribution in [2.24, 2.45) is 5.41 Å². The fourth-order valence-electron chi connectivity index (χ4n) is 5.15. The van der Waals surface area contributed by atoms with Crippen LogP contribution in [0.2, 0.25) is 0 Å². The highest BCUT2D eigenvalue weighted by atomic mass is 16.5. The minimum absolute atomic E-state index is 0.0182. The van der Waals surface area contributed by atoms with Crippen LogP contribution in [0.4, 0.5) is 0 Å².